The smallest absolute Gasteiger partial charge is 0.168 e. The Labute approximate surface area is 149 Å². The average molecular weight is 346 g/mol. The molecular weight excluding hydrogens is 330 g/mol. The van der Waals surface area contributed by atoms with E-state index in [1.807, 2.05) is 23.1 Å². The van der Waals surface area contributed by atoms with Gasteiger partial charge in [0, 0.05) is 11.6 Å². The van der Waals surface area contributed by atoms with Crippen molar-refractivity contribution >= 4 is 33.3 Å². The van der Waals surface area contributed by atoms with Gasteiger partial charge in [0.15, 0.2) is 0 Å². The summed E-state index contributed by atoms with van der Waals surface area (Å²) in [6.07, 6.45) is 0. The van der Waals surface area contributed by atoms with Gasteiger partial charge in [0.05, 0.1) is 0 Å². The van der Waals surface area contributed by atoms with Crippen LogP contribution in [0.25, 0.3) is 10.2 Å². The highest BCUT2D eigenvalue weighted by atomic mass is 32.2. The highest BCUT2D eigenvalue weighted by Crippen LogP contribution is 2.51. The SMILES string of the molecule is c1ccc([C@@H]2[C@H](c3ccccc3)Sc3sc4ccccc4[n+]32)cc1. The monoisotopic (exact) mass is 346 g/mol. The molecule has 0 N–H and O–H groups in total. The Kier molecular flexibility index (Phi) is 3.42. The van der Waals surface area contributed by atoms with Crippen LogP contribution in [0.4, 0.5) is 0 Å². The van der Waals surface area contributed by atoms with Gasteiger partial charge in [-0.2, -0.15) is 4.57 Å². The number of thioether (sulfide) groups is 1. The Morgan fingerprint density at radius 2 is 1.29 bits per heavy atom. The summed E-state index contributed by atoms with van der Waals surface area (Å²) in [5, 5.41) is 0.421. The first-order valence-corrected chi connectivity index (χ1v) is 9.81. The molecule has 0 unspecified atom stereocenters. The molecule has 0 aliphatic carbocycles. The maximum Gasteiger partial charge on any atom is 0.299 e. The number of hydrogen-bond donors (Lipinski definition) is 0. The van der Waals surface area contributed by atoms with Gasteiger partial charge in [0.1, 0.15) is 9.95 Å². The molecule has 0 bridgehead atoms. The number of benzene rings is 3. The van der Waals surface area contributed by atoms with Gasteiger partial charge in [-0.25, -0.2) is 0 Å². The van der Waals surface area contributed by atoms with Gasteiger partial charge in [0.25, 0.3) is 4.34 Å². The Bertz CT molecular complexity index is 992. The predicted molar refractivity (Wildman–Crippen MR) is 102 cm³/mol. The van der Waals surface area contributed by atoms with Crippen molar-refractivity contribution in [3.05, 3.63) is 96.1 Å². The lowest BCUT2D eigenvalue weighted by molar-refractivity contribution is -0.712. The van der Waals surface area contributed by atoms with Gasteiger partial charge in [-0.15, -0.1) is 0 Å². The van der Waals surface area contributed by atoms with E-state index in [2.05, 4.69) is 89.5 Å². The molecular formula is C21H16NS2+. The first-order chi connectivity index (χ1) is 11.9. The maximum atomic E-state index is 2.54. The van der Waals surface area contributed by atoms with Crippen LogP contribution in [0, 0.1) is 0 Å². The van der Waals surface area contributed by atoms with Crippen molar-refractivity contribution < 1.29 is 4.57 Å². The van der Waals surface area contributed by atoms with E-state index >= 15 is 0 Å². The molecule has 0 fully saturated rings. The maximum absolute atomic E-state index is 2.54. The zero-order valence-corrected chi connectivity index (χ0v) is 14.6. The van der Waals surface area contributed by atoms with Crippen LogP contribution in [0.2, 0.25) is 0 Å². The van der Waals surface area contributed by atoms with E-state index in [1.54, 1.807) is 0 Å². The Balaban J connectivity index is 1.74. The Morgan fingerprint density at radius 1 is 0.667 bits per heavy atom. The minimum Gasteiger partial charge on any atom is -0.168 e. The zero-order valence-electron chi connectivity index (χ0n) is 13.0. The van der Waals surface area contributed by atoms with E-state index in [1.165, 1.54) is 25.7 Å². The lowest BCUT2D eigenvalue weighted by atomic mass is 9.98. The van der Waals surface area contributed by atoms with Crippen molar-refractivity contribution in [3.63, 3.8) is 0 Å². The molecule has 0 saturated heterocycles. The van der Waals surface area contributed by atoms with E-state index in [0.29, 0.717) is 11.3 Å². The third kappa shape index (κ3) is 2.20. The lowest BCUT2D eigenvalue weighted by Crippen LogP contribution is -2.38. The summed E-state index contributed by atoms with van der Waals surface area (Å²) in [7, 11) is 0. The Morgan fingerprint density at radius 3 is 2.04 bits per heavy atom. The van der Waals surface area contributed by atoms with E-state index in [9.17, 15) is 0 Å². The average Bonchev–Trinajstić information content (AvgIpc) is 3.19. The largest absolute Gasteiger partial charge is 0.299 e. The summed E-state index contributed by atoms with van der Waals surface area (Å²) in [5.74, 6) is 0. The fourth-order valence-corrected chi connectivity index (χ4v) is 6.44. The van der Waals surface area contributed by atoms with E-state index in [-0.39, 0.29) is 0 Å². The fourth-order valence-electron chi connectivity index (χ4n) is 3.50. The standard InChI is InChI=1S/C21H16NS2/c1-3-9-15(10-4-1)19-20(16-11-5-2-6-12-16)24-21-22(19)17-13-7-8-14-18(17)23-21/h1-14,19-20H/q+1/t19-,20+/m1/s1. The van der Waals surface area contributed by atoms with Crippen molar-refractivity contribution in [1.82, 2.24) is 0 Å². The molecule has 2 atom stereocenters. The van der Waals surface area contributed by atoms with Crippen molar-refractivity contribution in [2.24, 2.45) is 0 Å². The van der Waals surface area contributed by atoms with Crippen LogP contribution >= 0.6 is 23.1 Å². The van der Waals surface area contributed by atoms with Crippen LogP contribution in [0.15, 0.2) is 89.3 Å². The molecule has 3 heteroatoms. The zero-order chi connectivity index (χ0) is 15.9. The first-order valence-electron chi connectivity index (χ1n) is 8.11. The Hall–Kier alpha value is -2.10. The normalized spacial score (nSPS) is 19.5. The second-order valence-corrected chi connectivity index (χ2v) is 8.43. The van der Waals surface area contributed by atoms with Crippen LogP contribution in [0.1, 0.15) is 22.4 Å². The molecule has 0 radical (unpaired) electrons. The molecule has 116 valence electrons. The molecule has 1 aromatic heterocycles. The summed E-state index contributed by atoms with van der Waals surface area (Å²) >= 11 is 3.91. The van der Waals surface area contributed by atoms with Gasteiger partial charge in [-0.1, -0.05) is 84.1 Å². The molecule has 4 aromatic rings. The number of fused-ring (bicyclic) bond motifs is 3. The highest BCUT2D eigenvalue weighted by molar-refractivity contribution is 8.01. The molecule has 1 aliphatic rings. The van der Waals surface area contributed by atoms with Crippen molar-refractivity contribution in [2.45, 2.75) is 15.6 Å². The van der Waals surface area contributed by atoms with Gasteiger partial charge in [-0.05, 0) is 23.4 Å². The summed E-state index contributed by atoms with van der Waals surface area (Å²) in [6, 6.07) is 30.9. The summed E-state index contributed by atoms with van der Waals surface area (Å²) in [5.41, 5.74) is 4.12. The van der Waals surface area contributed by atoms with Crippen LogP contribution < -0.4 is 4.57 Å². The molecule has 5 rings (SSSR count). The third-order valence-electron chi connectivity index (χ3n) is 4.58. The second kappa shape index (κ2) is 5.76. The lowest BCUT2D eigenvalue weighted by Gasteiger charge is -2.15. The number of nitrogens with zero attached hydrogens (tertiary/aromatic N) is 1. The minimum atomic E-state index is 0.338. The van der Waals surface area contributed by atoms with E-state index in [4.69, 9.17) is 0 Å². The second-order valence-electron chi connectivity index (χ2n) is 6.01. The number of hydrogen-bond acceptors (Lipinski definition) is 2. The van der Waals surface area contributed by atoms with Crippen LogP contribution in [0.3, 0.4) is 0 Å². The molecule has 1 aliphatic heterocycles. The predicted octanol–water partition coefficient (Wildman–Crippen LogP) is 5.63. The first kappa shape index (κ1) is 14.3. The summed E-state index contributed by atoms with van der Waals surface area (Å²) in [4.78, 5) is 0. The van der Waals surface area contributed by atoms with Crippen LogP contribution in [-0.4, -0.2) is 0 Å². The number of para-hydroxylation sites is 1. The molecule has 2 heterocycles. The fraction of sp³-hybridized carbons (Fsp3) is 0.0952. The molecule has 0 saturated carbocycles. The summed E-state index contributed by atoms with van der Waals surface area (Å²) < 4.78 is 5.31. The number of thiazole rings is 1. The van der Waals surface area contributed by atoms with E-state index < -0.39 is 0 Å². The molecule has 0 amide bonds. The van der Waals surface area contributed by atoms with Gasteiger partial charge in [-0.3, -0.25) is 0 Å². The third-order valence-corrected chi connectivity index (χ3v) is 7.24. The number of rotatable bonds is 2. The highest BCUT2D eigenvalue weighted by Gasteiger charge is 2.46. The molecule has 3 aromatic carbocycles. The van der Waals surface area contributed by atoms with Gasteiger partial charge < -0.3 is 0 Å². The van der Waals surface area contributed by atoms with E-state index in [0.717, 1.165) is 0 Å². The van der Waals surface area contributed by atoms with Crippen molar-refractivity contribution in [1.29, 1.82) is 0 Å². The topological polar surface area (TPSA) is 3.88 Å². The number of aromatic nitrogens is 1. The van der Waals surface area contributed by atoms with Crippen LogP contribution in [-0.2, 0) is 0 Å². The molecule has 24 heavy (non-hydrogen) atoms. The van der Waals surface area contributed by atoms with Crippen LogP contribution in [0.5, 0.6) is 0 Å². The van der Waals surface area contributed by atoms with Crippen molar-refractivity contribution in [3.8, 4) is 0 Å². The quantitative estimate of drug-likeness (QED) is 0.426. The molecule has 0 spiro atoms. The van der Waals surface area contributed by atoms with Gasteiger partial charge in [0.2, 0.25) is 11.6 Å². The summed E-state index contributed by atoms with van der Waals surface area (Å²) in [6.45, 7) is 0. The van der Waals surface area contributed by atoms with Gasteiger partial charge >= 0.3 is 0 Å². The molecule has 1 nitrogen and oxygen atoms in total. The minimum absolute atomic E-state index is 0.338. The van der Waals surface area contributed by atoms with Crippen molar-refractivity contribution in [2.75, 3.05) is 0 Å².